The van der Waals surface area contributed by atoms with Crippen molar-refractivity contribution in [2.75, 3.05) is 5.32 Å². The Hall–Kier alpha value is -1.42. The molecule has 0 saturated carbocycles. The van der Waals surface area contributed by atoms with Gasteiger partial charge >= 0.3 is 0 Å². The summed E-state index contributed by atoms with van der Waals surface area (Å²) in [6.45, 7) is 4.25. The van der Waals surface area contributed by atoms with Crippen molar-refractivity contribution in [1.82, 2.24) is 5.32 Å². The summed E-state index contributed by atoms with van der Waals surface area (Å²) < 4.78 is 0. The van der Waals surface area contributed by atoms with Crippen LogP contribution in [0.15, 0.2) is 24.3 Å². The standard InChI is InChI=1S/C16H24N2OS/c1-3-5-7-13-9-11-14(12-10-13)17-16(20)18-15(19)8-6-4-2/h9-12H,3-8H2,1-2H3,(H2,17,18,19,20). The molecule has 1 amide bonds. The maximum atomic E-state index is 11.5. The van der Waals surface area contributed by atoms with Crippen molar-refractivity contribution in [3.8, 4) is 0 Å². The Morgan fingerprint density at radius 2 is 1.75 bits per heavy atom. The van der Waals surface area contributed by atoms with Gasteiger partial charge in [0, 0.05) is 12.1 Å². The number of hydrogen-bond donors (Lipinski definition) is 2. The molecule has 0 aliphatic rings. The molecule has 0 aliphatic heterocycles. The van der Waals surface area contributed by atoms with E-state index >= 15 is 0 Å². The fraction of sp³-hybridized carbons (Fsp3) is 0.500. The molecule has 110 valence electrons. The van der Waals surface area contributed by atoms with Crippen LogP contribution in [0.5, 0.6) is 0 Å². The zero-order valence-corrected chi connectivity index (χ0v) is 13.2. The van der Waals surface area contributed by atoms with E-state index in [4.69, 9.17) is 12.2 Å². The second-order valence-corrected chi connectivity index (χ2v) is 5.31. The van der Waals surface area contributed by atoms with Crippen LogP contribution in [0.1, 0.15) is 51.5 Å². The first-order valence-corrected chi connectivity index (χ1v) is 7.76. The Balaban J connectivity index is 2.39. The van der Waals surface area contributed by atoms with Crippen LogP contribution in [-0.4, -0.2) is 11.0 Å². The van der Waals surface area contributed by atoms with Crippen molar-refractivity contribution in [1.29, 1.82) is 0 Å². The van der Waals surface area contributed by atoms with Crippen molar-refractivity contribution in [2.45, 2.75) is 52.4 Å². The van der Waals surface area contributed by atoms with Gasteiger partial charge in [0.1, 0.15) is 0 Å². The molecule has 0 radical (unpaired) electrons. The molecule has 0 aliphatic carbocycles. The molecule has 0 spiro atoms. The highest BCUT2D eigenvalue weighted by Crippen LogP contribution is 2.11. The molecule has 0 fully saturated rings. The quantitative estimate of drug-likeness (QED) is 0.745. The van der Waals surface area contributed by atoms with Crippen molar-refractivity contribution in [2.24, 2.45) is 0 Å². The second kappa shape index (κ2) is 9.48. The van der Waals surface area contributed by atoms with E-state index in [-0.39, 0.29) is 5.91 Å². The van der Waals surface area contributed by atoms with E-state index in [2.05, 4.69) is 36.6 Å². The summed E-state index contributed by atoms with van der Waals surface area (Å²) in [4.78, 5) is 11.5. The summed E-state index contributed by atoms with van der Waals surface area (Å²) in [6, 6.07) is 8.18. The van der Waals surface area contributed by atoms with E-state index in [0.29, 0.717) is 11.5 Å². The molecule has 1 aromatic rings. The van der Waals surface area contributed by atoms with Crippen LogP contribution in [0.2, 0.25) is 0 Å². The van der Waals surface area contributed by atoms with Crippen LogP contribution >= 0.6 is 12.2 Å². The molecule has 3 nitrogen and oxygen atoms in total. The molecule has 4 heteroatoms. The largest absolute Gasteiger partial charge is 0.332 e. The average molecular weight is 292 g/mol. The summed E-state index contributed by atoms with van der Waals surface area (Å²) >= 11 is 5.12. The maximum absolute atomic E-state index is 11.5. The number of aryl methyl sites for hydroxylation is 1. The van der Waals surface area contributed by atoms with Gasteiger partial charge in [0.25, 0.3) is 0 Å². The second-order valence-electron chi connectivity index (χ2n) is 4.91. The zero-order chi connectivity index (χ0) is 14.8. The van der Waals surface area contributed by atoms with Crippen LogP contribution < -0.4 is 10.6 Å². The Morgan fingerprint density at radius 3 is 2.35 bits per heavy atom. The Bertz CT molecular complexity index is 429. The highest BCUT2D eigenvalue weighted by molar-refractivity contribution is 7.80. The van der Waals surface area contributed by atoms with Gasteiger partial charge in [-0.1, -0.05) is 38.8 Å². The van der Waals surface area contributed by atoms with Crippen molar-refractivity contribution >= 4 is 28.9 Å². The predicted molar refractivity (Wildman–Crippen MR) is 88.9 cm³/mol. The number of nitrogens with one attached hydrogen (secondary N) is 2. The number of unbranched alkanes of at least 4 members (excludes halogenated alkanes) is 2. The van der Waals surface area contributed by atoms with Crippen LogP contribution in [0.3, 0.4) is 0 Å². The van der Waals surface area contributed by atoms with Gasteiger partial charge in [-0.3, -0.25) is 4.79 Å². The molecule has 1 aromatic carbocycles. The smallest absolute Gasteiger partial charge is 0.226 e. The average Bonchev–Trinajstić information content (AvgIpc) is 2.44. The first-order valence-electron chi connectivity index (χ1n) is 7.35. The van der Waals surface area contributed by atoms with Crippen LogP contribution in [-0.2, 0) is 11.2 Å². The summed E-state index contributed by atoms with van der Waals surface area (Å²) in [6.07, 6.45) is 5.93. The molecular formula is C16H24N2OS. The molecule has 1 rings (SSSR count). The Morgan fingerprint density at radius 1 is 1.10 bits per heavy atom. The lowest BCUT2D eigenvalue weighted by Crippen LogP contribution is -2.33. The van der Waals surface area contributed by atoms with E-state index < -0.39 is 0 Å². The van der Waals surface area contributed by atoms with Gasteiger partial charge in [0.15, 0.2) is 5.11 Å². The lowest BCUT2D eigenvalue weighted by molar-refractivity contribution is -0.119. The van der Waals surface area contributed by atoms with Crippen molar-refractivity contribution < 1.29 is 4.79 Å². The number of carbonyl (C=O) groups excluding carboxylic acids is 1. The number of amides is 1. The molecule has 0 saturated heterocycles. The molecule has 0 bridgehead atoms. The minimum atomic E-state index is -0.0242. The number of benzene rings is 1. The van der Waals surface area contributed by atoms with Gasteiger partial charge in [0.2, 0.25) is 5.91 Å². The predicted octanol–water partition coefficient (Wildman–Crippen LogP) is 4.03. The van der Waals surface area contributed by atoms with E-state index in [9.17, 15) is 4.79 Å². The summed E-state index contributed by atoms with van der Waals surface area (Å²) in [5, 5.41) is 6.09. The first kappa shape index (κ1) is 16.6. The third-order valence-corrected chi connectivity index (χ3v) is 3.25. The SMILES string of the molecule is CCCCC(=O)NC(=S)Nc1ccc(CCCC)cc1. The lowest BCUT2D eigenvalue weighted by atomic mass is 10.1. The van der Waals surface area contributed by atoms with Crippen LogP contribution in [0.25, 0.3) is 0 Å². The molecular weight excluding hydrogens is 268 g/mol. The Labute approximate surface area is 127 Å². The molecule has 0 aromatic heterocycles. The summed E-state index contributed by atoms with van der Waals surface area (Å²) in [5.74, 6) is -0.0242. The van der Waals surface area contributed by atoms with E-state index in [1.54, 1.807) is 0 Å². The molecule has 0 heterocycles. The van der Waals surface area contributed by atoms with Gasteiger partial charge in [-0.05, 0) is 49.2 Å². The fourth-order valence-corrected chi connectivity index (χ4v) is 2.06. The number of thiocarbonyl (C=S) groups is 1. The number of carbonyl (C=O) groups is 1. The van der Waals surface area contributed by atoms with Gasteiger partial charge < -0.3 is 10.6 Å². The van der Waals surface area contributed by atoms with Crippen LogP contribution in [0, 0.1) is 0 Å². The maximum Gasteiger partial charge on any atom is 0.226 e. The normalized spacial score (nSPS) is 10.1. The summed E-state index contributed by atoms with van der Waals surface area (Å²) in [5.41, 5.74) is 2.24. The third kappa shape index (κ3) is 6.66. The van der Waals surface area contributed by atoms with Crippen molar-refractivity contribution in [3.05, 3.63) is 29.8 Å². The molecule has 0 atom stereocenters. The fourth-order valence-electron chi connectivity index (χ4n) is 1.82. The van der Waals surface area contributed by atoms with Crippen LogP contribution in [0.4, 0.5) is 5.69 Å². The van der Waals surface area contributed by atoms with Crippen molar-refractivity contribution in [3.63, 3.8) is 0 Å². The van der Waals surface area contributed by atoms with Gasteiger partial charge in [-0.25, -0.2) is 0 Å². The van der Waals surface area contributed by atoms with E-state index in [0.717, 1.165) is 24.9 Å². The topological polar surface area (TPSA) is 41.1 Å². The highest BCUT2D eigenvalue weighted by atomic mass is 32.1. The number of rotatable bonds is 7. The van der Waals surface area contributed by atoms with Gasteiger partial charge in [-0.2, -0.15) is 0 Å². The number of anilines is 1. The third-order valence-electron chi connectivity index (χ3n) is 3.04. The monoisotopic (exact) mass is 292 g/mol. The van der Waals surface area contributed by atoms with E-state index in [1.165, 1.54) is 18.4 Å². The van der Waals surface area contributed by atoms with Gasteiger partial charge in [-0.15, -0.1) is 0 Å². The molecule has 0 unspecified atom stereocenters. The van der Waals surface area contributed by atoms with E-state index in [1.807, 2.05) is 12.1 Å². The minimum Gasteiger partial charge on any atom is -0.332 e. The van der Waals surface area contributed by atoms with Gasteiger partial charge in [0.05, 0.1) is 0 Å². The minimum absolute atomic E-state index is 0.0242. The molecule has 2 N–H and O–H groups in total. The Kier molecular flexibility index (Phi) is 7.88. The summed E-state index contributed by atoms with van der Waals surface area (Å²) in [7, 11) is 0. The zero-order valence-electron chi connectivity index (χ0n) is 12.4. The molecule has 20 heavy (non-hydrogen) atoms. The first-order chi connectivity index (χ1) is 9.65. The number of hydrogen-bond acceptors (Lipinski definition) is 2. The highest BCUT2D eigenvalue weighted by Gasteiger charge is 2.04. The lowest BCUT2D eigenvalue weighted by Gasteiger charge is -2.10.